The van der Waals surface area contributed by atoms with E-state index in [2.05, 4.69) is 12.2 Å². The normalized spacial score (nSPS) is 23.3. The fraction of sp³-hybridized carbons (Fsp3) is 0.917. The smallest absolute Gasteiger partial charge is 0.237 e. The Balaban J connectivity index is 2.20. The van der Waals surface area contributed by atoms with Crippen molar-refractivity contribution in [1.82, 2.24) is 10.2 Å². The lowest BCUT2D eigenvalue weighted by atomic mass is 10.2. The summed E-state index contributed by atoms with van der Waals surface area (Å²) in [6, 6.07) is -0.112. The summed E-state index contributed by atoms with van der Waals surface area (Å²) in [6.07, 6.45) is 3.92. The van der Waals surface area contributed by atoms with Crippen molar-refractivity contribution in [2.24, 2.45) is 0 Å². The first-order valence-electron chi connectivity index (χ1n) is 6.35. The molecule has 1 heterocycles. The van der Waals surface area contributed by atoms with Crippen molar-refractivity contribution < 1.29 is 9.90 Å². The molecule has 0 saturated carbocycles. The van der Waals surface area contributed by atoms with Gasteiger partial charge in [-0.2, -0.15) is 0 Å². The molecule has 1 amide bonds. The van der Waals surface area contributed by atoms with Gasteiger partial charge in [-0.25, -0.2) is 0 Å². The van der Waals surface area contributed by atoms with Crippen LogP contribution in [-0.2, 0) is 4.79 Å². The van der Waals surface area contributed by atoms with Gasteiger partial charge < -0.3 is 10.4 Å². The topological polar surface area (TPSA) is 52.6 Å². The molecule has 0 aromatic carbocycles. The van der Waals surface area contributed by atoms with E-state index in [0.29, 0.717) is 6.54 Å². The average Bonchev–Trinajstić information content (AvgIpc) is 2.70. The molecule has 94 valence electrons. The van der Waals surface area contributed by atoms with Crippen LogP contribution in [-0.4, -0.2) is 47.7 Å². The highest BCUT2D eigenvalue weighted by Crippen LogP contribution is 2.12. The summed E-state index contributed by atoms with van der Waals surface area (Å²) in [4.78, 5) is 13.8. The highest BCUT2D eigenvalue weighted by atomic mass is 16.3. The number of hydrogen-bond donors (Lipinski definition) is 2. The van der Waals surface area contributed by atoms with E-state index in [9.17, 15) is 9.90 Å². The SMILES string of the molecule is CCCCCNC(=O)C(C)N1CC[C@H](O)C1. The Morgan fingerprint density at radius 1 is 1.56 bits per heavy atom. The molecule has 0 radical (unpaired) electrons. The Labute approximate surface area is 98.0 Å². The molecule has 1 aliphatic heterocycles. The average molecular weight is 228 g/mol. The molecule has 1 saturated heterocycles. The highest BCUT2D eigenvalue weighted by Gasteiger charge is 2.27. The predicted molar refractivity (Wildman–Crippen MR) is 64.2 cm³/mol. The summed E-state index contributed by atoms with van der Waals surface area (Å²) in [6.45, 7) is 6.28. The van der Waals surface area contributed by atoms with Crippen LogP contribution in [0, 0.1) is 0 Å². The van der Waals surface area contributed by atoms with Crippen LogP contribution in [0.1, 0.15) is 39.5 Å². The predicted octanol–water partition coefficient (Wildman–Crippen LogP) is 0.748. The first-order valence-corrected chi connectivity index (χ1v) is 6.35. The molecule has 0 bridgehead atoms. The zero-order chi connectivity index (χ0) is 12.0. The number of carbonyl (C=O) groups excluding carboxylic acids is 1. The molecule has 16 heavy (non-hydrogen) atoms. The molecule has 0 aromatic heterocycles. The van der Waals surface area contributed by atoms with Crippen molar-refractivity contribution in [2.45, 2.75) is 51.7 Å². The number of unbranched alkanes of at least 4 members (excludes halogenated alkanes) is 2. The fourth-order valence-corrected chi connectivity index (χ4v) is 2.02. The molecule has 1 rings (SSSR count). The van der Waals surface area contributed by atoms with Gasteiger partial charge in [0.15, 0.2) is 0 Å². The van der Waals surface area contributed by atoms with Gasteiger partial charge in [-0.1, -0.05) is 19.8 Å². The molecule has 2 atom stereocenters. The number of β-amino-alcohol motifs (C(OH)–C–C–N with tert-alkyl or cyclic N) is 1. The molecule has 0 aliphatic carbocycles. The largest absolute Gasteiger partial charge is 0.392 e. The monoisotopic (exact) mass is 228 g/mol. The maximum atomic E-state index is 11.8. The first kappa shape index (κ1) is 13.5. The molecular formula is C12H24N2O2. The van der Waals surface area contributed by atoms with Crippen molar-refractivity contribution in [3.8, 4) is 0 Å². The Kier molecular flexibility index (Phi) is 5.77. The van der Waals surface area contributed by atoms with Gasteiger partial charge in [-0.15, -0.1) is 0 Å². The van der Waals surface area contributed by atoms with Crippen molar-refractivity contribution in [3.05, 3.63) is 0 Å². The summed E-state index contributed by atoms with van der Waals surface area (Å²) in [5.74, 6) is 0.0882. The number of likely N-dealkylation sites (tertiary alicyclic amines) is 1. The van der Waals surface area contributed by atoms with E-state index in [-0.39, 0.29) is 18.1 Å². The van der Waals surface area contributed by atoms with E-state index < -0.39 is 0 Å². The van der Waals surface area contributed by atoms with Crippen LogP contribution < -0.4 is 5.32 Å². The van der Waals surface area contributed by atoms with E-state index in [1.165, 1.54) is 6.42 Å². The Morgan fingerprint density at radius 2 is 2.31 bits per heavy atom. The van der Waals surface area contributed by atoms with Crippen LogP contribution >= 0.6 is 0 Å². The lowest BCUT2D eigenvalue weighted by molar-refractivity contribution is -0.125. The molecule has 0 aromatic rings. The summed E-state index contributed by atoms with van der Waals surface area (Å²) < 4.78 is 0. The van der Waals surface area contributed by atoms with Gasteiger partial charge in [0.05, 0.1) is 12.1 Å². The molecule has 1 unspecified atom stereocenters. The van der Waals surface area contributed by atoms with Gasteiger partial charge in [0.1, 0.15) is 0 Å². The van der Waals surface area contributed by atoms with E-state index in [0.717, 1.165) is 32.4 Å². The van der Waals surface area contributed by atoms with E-state index in [4.69, 9.17) is 0 Å². The van der Waals surface area contributed by atoms with Gasteiger partial charge in [0.25, 0.3) is 0 Å². The third-order valence-electron chi connectivity index (χ3n) is 3.20. The van der Waals surface area contributed by atoms with Gasteiger partial charge in [-0.05, 0) is 19.8 Å². The molecule has 0 spiro atoms. The van der Waals surface area contributed by atoms with Gasteiger partial charge in [0, 0.05) is 19.6 Å². The molecular weight excluding hydrogens is 204 g/mol. The van der Waals surface area contributed by atoms with Crippen LogP contribution in [0.2, 0.25) is 0 Å². The summed E-state index contributed by atoms with van der Waals surface area (Å²) in [5, 5.41) is 12.3. The number of aliphatic hydroxyl groups is 1. The number of nitrogens with zero attached hydrogens (tertiary/aromatic N) is 1. The number of hydrogen-bond acceptors (Lipinski definition) is 3. The highest BCUT2D eigenvalue weighted by molar-refractivity contribution is 5.81. The number of carbonyl (C=O) groups is 1. The van der Waals surface area contributed by atoms with Gasteiger partial charge in [-0.3, -0.25) is 9.69 Å². The third kappa shape index (κ3) is 4.10. The minimum absolute atomic E-state index is 0.0882. The van der Waals surface area contributed by atoms with E-state index in [1.54, 1.807) is 0 Å². The maximum absolute atomic E-state index is 11.8. The fourth-order valence-electron chi connectivity index (χ4n) is 2.02. The van der Waals surface area contributed by atoms with E-state index in [1.807, 2.05) is 11.8 Å². The molecule has 1 aliphatic rings. The van der Waals surface area contributed by atoms with Crippen LogP contribution in [0.5, 0.6) is 0 Å². The minimum Gasteiger partial charge on any atom is -0.392 e. The molecule has 2 N–H and O–H groups in total. The number of rotatable bonds is 6. The quantitative estimate of drug-likeness (QED) is 0.660. The Morgan fingerprint density at radius 3 is 2.88 bits per heavy atom. The minimum atomic E-state index is -0.254. The second-order valence-electron chi connectivity index (χ2n) is 4.61. The lowest BCUT2D eigenvalue weighted by Crippen LogP contribution is -2.44. The summed E-state index contributed by atoms with van der Waals surface area (Å²) in [5.41, 5.74) is 0. The number of amides is 1. The third-order valence-corrected chi connectivity index (χ3v) is 3.20. The zero-order valence-corrected chi connectivity index (χ0v) is 10.4. The van der Waals surface area contributed by atoms with Crippen molar-refractivity contribution in [3.63, 3.8) is 0 Å². The maximum Gasteiger partial charge on any atom is 0.237 e. The lowest BCUT2D eigenvalue weighted by Gasteiger charge is -2.22. The zero-order valence-electron chi connectivity index (χ0n) is 10.4. The Hall–Kier alpha value is -0.610. The van der Waals surface area contributed by atoms with Crippen molar-refractivity contribution >= 4 is 5.91 Å². The van der Waals surface area contributed by atoms with Crippen LogP contribution in [0.3, 0.4) is 0 Å². The summed E-state index contributed by atoms with van der Waals surface area (Å²) >= 11 is 0. The standard InChI is InChI=1S/C12H24N2O2/c1-3-4-5-7-13-12(16)10(2)14-8-6-11(15)9-14/h10-11,15H,3-9H2,1-2H3,(H,13,16)/t10?,11-/m0/s1. The molecule has 1 fully saturated rings. The Bertz CT molecular complexity index is 221. The van der Waals surface area contributed by atoms with E-state index >= 15 is 0 Å². The molecule has 4 heteroatoms. The van der Waals surface area contributed by atoms with Gasteiger partial charge >= 0.3 is 0 Å². The van der Waals surface area contributed by atoms with Crippen molar-refractivity contribution in [2.75, 3.05) is 19.6 Å². The van der Waals surface area contributed by atoms with Crippen LogP contribution in [0.15, 0.2) is 0 Å². The second-order valence-corrected chi connectivity index (χ2v) is 4.61. The van der Waals surface area contributed by atoms with Crippen LogP contribution in [0.4, 0.5) is 0 Å². The summed E-state index contributed by atoms with van der Waals surface area (Å²) in [7, 11) is 0. The van der Waals surface area contributed by atoms with Crippen molar-refractivity contribution in [1.29, 1.82) is 0 Å². The first-order chi connectivity index (χ1) is 7.65. The second kappa shape index (κ2) is 6.86. The number of nitrogens with one attached hydrogen (secondary N) is 1. The molecule has 4 nitrogen and oxygen atoms in total. The van der Waals surface area contributed by atoms with Gasteiger partial charge in [0.2, 0.25) is 5.91 Å². The van der Waals surface area contributed by atoms with Crippen LogP contribution in [0.25, 0.3) is 0 Å². The number of aliphatic hydroxyl groups excluding tert-OH is 1.